The van der Waals surface area contributed by atoms with E-state index in [0.717, 1.165) is 43.4 Å². The smallest absolute Gasteiger partial charge is 0.407 e. The molecule has 2 aliphatic heterocycles. The van der Waals surface area contributed by atoms with Crippen LogP contribution in [0.4, 0.5) is 18.0 Å². The molecule has 2 saturated heterocycles. The molecule has 1 spiro atoms. The predicted octanol–water partition coefficient (Wildman–Crippen LogP) is 3.42. The van der Waals surface area contributed by atoms with Gasteiger partial charge < -0.3 is 26.0 Å². The van der Waals surface area contributed by atoms with Crippen molar-refractivity contribution in [1.29, 1.82) is 5.26 Å². The summed E-state index contributed by atoms with van der Waals surface area (Å²) in [5, 5.41) is 20.2. The molecule has 1 atom stereocenters. The second-order valence-corrected chi connectivity index (χ2v) is 10.9. The number of likely N-dealkylation sites (tertiary alicyclic amines) is 2. The molecule has 2 amide bonds. The van der Waals surface area contributed by atoms with E-state index in [1.807, 2.05) is 6.07 Å². The van der Waals surface area contributed by atoms with Crippen LogP contribution in [-0.4, -0.2) is 70.7 Å². The van der Waals surface area contributed by atoms with Crippen molar-refractivity contribution in [2.45, 2.75) is 74.9 Å². The minimum Gasteiger partial charge on any atom is -0.465 e. The fourth-order valence-corrected chi connectivity index (χ4v) is 5.04. The van der Waals surface area contributed by atoms with E-state index < -0.39 is 41.7 Å². The number of halogens is 3. The lowest BCUT2D eigenvalue weighted by Crippen LogP contribution is -2.61. The molecule has 0 unspecified atom stereocenters. The maximum absolute atomic E-state index is 14.0. The Bertz CT molecular complexity index is 1020. The fraction of sp³-hybridized carbons (Fsp3) is 0.654. The molecule has 1 aromatic carbocycles. The summed E-state index contributed by atoms with van der Waals surface area (Å²) in [6, 6.07) is 5.67. The number of carboxylic acid groups (broad SMARTS) is 1. The van der Waals surface area contributed by atoms with E-state index in [1.165, 1.54) is 38.8 Å². The number of benzene rings is 1. The van der Waals surface area contributed by atoms with Gasteiger partial charge in [0.15, 0.2) is 0 Å². The van der Waals surface area contributed by atoms with Crippen LogP contribution in [0.1, 0.15) is 56.9 Å². The Morgan fingerprint density at radius 1 is 1.16 bits per heavy atom. The number of hydrogen-bond donors (Lipinski definition) is 3. The van der Waals surface area contributed by atoms with E-state index in [9.17, 15) is 22.8 Å². The minimum atomic E-state index is -3.20. The molecule has 37 heavy (non-hydrogen) atoms. The monoisotopic (exact) mass is 521 g/mol. The third-order valence-electron chi connectivity index (χ3n) is 7.94. The zero-order chi connectivity index (χ0) is 26.8. The highest BCUT2D eigenvalue weighted by Gasteiger charge is 2.48. The van der Waals surface area contributed by atoms with Gasteiger partial charge in [-0.15, -0.1) is 0 Å². The molecule has 0 radical (unpaired) electrons. The van der Waals surface area contributed by atoms with Crippen LogP contribution in [0.2, 0.25) is 0 Å². The van der Waals surface area contributed by atoms with E-state index in [-0.39, 0.29) is 12.0 Å². The molecule has 4 N–H and O–H groups in total. The number of amides is 2. The van der Waals surface area contributed by atoms with Gasteiger partial charge in [-0.05, 0) is 70.2 Å². The zero-order valence-corrected chi connectivity index (χ0v) is 20.8. The number of alkyl halides is 2. The molecule has 0 bridgehead atoms. The van der Waals surface area contributed by atoms with Crippen LogP contribution in [0, 0.1) is 22.6 Å². The van der Waals surface area contributed by atoms with Crippen LogP contribution in [-0.2, 0) is 10.7 Å². The van der Waals surface area contributed by atoms with E-state index in [4.69, 9.17) is 16.1 Å². The summed E-state index contributed by atoms with van der Waals surface area (Å²) in [7, 11) is 0. The van der Waals surface area contributed by atoms with Crippen molar-refractivity contribution in [3.8, 4) is 6.07 Å². The first-order valence-corrected chi connectivity index (χ1v) is 12.8. The summed E-state index contributed by atoms with van der Waals surface area (Å²) >= 11 is 0. The van der Waals surface area contributed by atoms with Crippen molar-refractivity contribution >= 4 is 12.0 Å². The lowest BCUT2D eigenvalue weighted by molar-refractivity contribution is -0.123. The summed E-state index contributed by atoms with van der Waals surface area (Å²) in [6.07, 6.45) is 4.65. The Morgan fingerprint density at radius 3 is 2.24 bits per heavy atom. The second-order valence-electron chi connectivity index (χ2n) is 10.9. The molecule has 11 heteroatoms. The van der Waals surface area contributed by atoms with Crippen molar-refractivity contribution in [3.63, 3.8) is 0 Å². The molecule has 2 saturated carbocycles. The molecule has 2 aliphatic carbocycles. The minimum absolute atomic E-state index is 0.238. The number of nitrogens with one attached hydrogen (secondary N) is 1. The maximum Gasteiger partial charge on any atom is 0.407 e. The van der Waals surface area contributed by atoms with Gasteiger partial charge in [-0.25, -0.2) is 18.0 Å². The molecule has 5 rings (SSSR count). The molecule has 1 aromatic rings. The van der Waals surface area contributed by atoms with Crippen molar-refractivity contribution in [1.82, 2.24) is 15.1 Å². The largest absolute Gasteiger partial charge is 0.465 e. The standard InChI is InChI=1S/C15H16F3N3O.C11H18N2O2/c16-11-3-1-10(2-4-11)15(17,18)6-5-12(20)13(22)21-14(9-19)7-8-14;14-10(15)13-7-11(8-13)3-5-12(6-4-11)9-1-2-9/h1-4,12H,5-8,20H2,(H,21,22);9H,1-8H2,(H,14,15)/t12-;/m0./s1. The van der Waals surface area contributed by atoms with Crippen molar-refractivity contribution in [2.24, 2.45) is 11.1 Å². The number of nitriles is 1. The fourth-order valence-electron chi connectivity index (χ4n) is 5.04. The average molecular weight is 522 g/mol. The van der Waals surface area contributed by atoms with E-state index >= 15 is 0 Å². The maximum atomic E-state index is 14.0. The number of piperidine rings is 1. The van der Waals surface area contributed by atoms with E-state index in [2.05, 4.69) is 10.2 Å². The SMILES string of the molecule is N#CC1(NC(=O)[C@@H](N)CCC(F)(F)c2ccc(F)cc2)CC1.O=C(O)N1CC2(CCN(C3CC3)CC2)C1. The number of rotatable bonds is 7. The summed E-state index contributed by atoms with van der Waals surface area (Å²) in [6.45, 7) is 3.94. The molecule has 8 nitrogen and oxygen atoms in total. The molecule has 4 aliphatic rings. The van der Waals surface area contributed by atoms with Crippen LogP contribution < -0.4 is 11.1 Å². The van der Waals surface area contributed by atoms with Crippen LogP contribution in [0.3, 0.4) is 0 Å². The molecule has 202 valence electrons. The normalized spacial score (nSPS) is 22.6. The van der Waals surface area contributed by atoms with Gasteiger partial charge in [-0.3, -0.25) is 4.79 Å². The number of carbonyl (C=O) groups excluding carboxylic acids is 1. The van der Waals surface area contributed by atoms with Crippen LogP contribution in [0.25, 0.3) is 0 Å². The van der Waals surface area contributed by atoms with Gasteiger partial charge in [0.2, 0.25) is 5.91 Å². The highest BCUT2D eigenvalue weighted by atomic mass is 19.3. The predicted molar refractivity (Wildman–Crippen MR) is 129 cm³/mol. The summed E-state index contributed by atoms with van der Waals surface area (Å²) in [5.74, 6) is -4.39. The Labute approximate surface area is 214 Å². The van der Waals surface area contributed by atoms with Crippen LogP contribution >= 0.6 is 0 Å². The average Bonchev–Trinajstić information content (AvgIpc) is 3.78. The highest BCUT2D eigenvalue weighted by molar-refractivity contribution is 5.83. The topological polar surface area (TPSA) is 123 Å². The van der Waals surface area contributed by atoms with Gasteiger partial charge in [0.05, 0.1) is 12.1 Å². The Morgan fingerprint density at radius 2 is 1.76 bits per heavy atom. The lowest BCUT2D eigenvalue weighted by Gasteiger charge is -2.53. The van der Waals surface area contributed by atoms with Crippen LogP contribution in [0.15, 0.2) is 24.3 Å². The molecular weight excluding hydrogens is 487 g/mol. The lowest BCUT2D eigenvalue weighted by atomic mass is 9.72. The summed E-state index contributed by atoms with van der Waals surface area (Å²) in [4.78, 5) is 26.6. The van der Waals surface area contributed by atoms with Gasteiger partial charge in [0, 0.05) is 36.5 Å². The molecule has 2 heterocycles. The van der Waals surface area contributed by atoms with E-state index in [1.54, 1.807) is 4.90 Å². The second kappa shape index (κ2) is 10.5. The molecule has 4 fully saturated rings. The Balaban J connectivity index is 0.000000184. The van der Waals surface area contributed by atoms with Gasteiger partial charge in [0.25, 0.3) is 5.92 Å². The molecular formula is C26H34F3N5O3. The first-order valence-electron chi connectivity index (χ1n) is 12.8. The van der Waals surface area contributed by atoms with Gasteiger partial charge >= 0.3 is 6.09 Å². The third-order valence-corrected chi connectivity index (χ3v) is 7.94. The Hall–Kier alpha value is -2.84. The highest BCUT2D eigenvalue weighted by Crippen LogP contribution is 2.42. The van der Waals surface area contributed by atoms with Gasteiger partial charge in [-0.1, -0.05) is 12.1 Å². The number of nitrogens with two attached hydrogens (primary N) is 1. The molecule has 0 aromatic heterocycles. The summed E-state index contributed by atoms with van der Waals surface area (Å²) in [5.41, 5.74) is 4.76. The number of carbonyl (C=O) groups is 2. The van der Waals surface area contributed by atoms with Gasteiger partial charge in [-0.2, -0.15) is 5.26 Å². The van der Waals surface area contributed by atoms with Gasteiger partial charge in [0.1, 0.15) is 11.4 Å². The van der Waals surface area contributed by atoms with E-state index in [0.29, 0.717) is 18.3 Å². The van der Waals surface area contributed by atoms with Crippen molar-refractivity contribution < 1.29 is 27.9 Å². The van der Waals surface area contributed by atoms with Crippen molar-refractivity contribution in [3.05, 3.63) is 35.6 Å². The first-order chi connectivity index (χ1) is 17.5. The quantitative estimate of drug-likeness (QED) is 0.505. The number of hydrogen-bond acceptors (Lipinski definition) is 5. The number of nitrogens with zero attached hydrogens (tertiary/aromatic N) is 3. The third kappa shape index (κ3) is 6.73. The first kappa shape index (κ1) is 27.2. The Kier molecular flexibility index (Phi) is 7.72. The van der Waals surface area contributed by atoms with Crippen LogP contribution in [0.5, 0.6) is 0 Å². The van der Waals surface area contributed by atoms with Crippen molar-refractivity contribution in [2.75, 3.05) is 26.2 Å². The summed E-state index contributed by atoms with van der Waals surface area (Å²) < 4.78 is 40.7. The zero-order valence-electron chi connectivity index (χ0n) is 20.8.